The lowest BCUT2D eigenvalue weighted by Gasteiger charge is -2.39. The van der Waals surface area contributed by atoms with E-state index in [1.54, 1.807) is 24.3 Å². The van der Waals surface area contributed by atoms with E-state index in [0.29, 0.717) is 24.0 Å². The van der Waals surface area contributed by atoms with Crippen LogP contribution in [0.5, 0.6) is 0 Å². The third-order valence-electron chi connectivity index (χ3n) is 7.93. The molecule has 4 rings (SSSR count). The maximum Gasteiger partial charge on any atom is 0.395 e. The first kappa shape index (κ1) is 31.3. The first-order chi connectivity index (χ1) is 19.5. The Morgan fingerprint density at radius 2 is 1.52 bits per heavy atom. The zero-order valence-electron chi connectivity index (χ0n) is 22.9. The fourth-order valence-corrected chi connectivity index (χ4v) is 5.56. The summed E-state index contributed by atoms with van der Waals surface area (Å²) >= 11 is 0. The zero-order valence-corrected chi connectivity index (χ0v) is 22.9. The molecule has 0 bridgehead atoms. The lowest BCUT2D eigenvalue weighted by Crippen LogP contribution is -2.58. The van der Waals surface area contributed by atoms with Crippen molar-refractivity contribution >= 4 is 17.7 Å². The van der Waals surface area contributed by atoms with Gasteiger partial charge < -0.3 is 21.7 Å². The van der Waals surface area contributed by atoms with Gasteiger partial charge in [0, 0.05) is 13.0 Å². The van der Waals surface area contributed by atoms with Crippen molar-refractivity contribution in [1.29, 1.82) is 0 Å². The van der Waals surface area contributed by atoms with Crippen molar-refractivity contribution in [3.63, 3.8) is 0 Å². The average molecular weight is 599 g/mol. The summed E-state index contributed by atoms with van der Waals surface area (Å²) < 4.78 is 85.4. The Balaban J connectivity index is 1.71. The summed E-state index contributed by atoms with van der Waals surface area (Å²) in [4.78, 5) is 38.1. The van der Waals surface area contributed by atoms with Crippen LogP contribution in [0.25, 0.3) is 11.1 Å². The Hall–Kier alpha value is -3.61. The van der Waals surface area contributed by atoms with Gasteiger partial charge in [-0.1, -0.05) is 48.5 Å². The second kappa shape index (κ2) is 11.2. The first-order valence-electron chi connectivity index (χ1n) is 13.4. The number of benzene rings is 2. The van der Waals surface area contributed by atoms with Gasteiger partial charge in [0.15, 0.2) is 0 Å². The van der Waals surface area contributed by atoms with Gasteiger partial charge in [0.25, 0.3) is 6.43 Å². The highest BCUT2D eigenvalue weighted by molar-refractivity contribution is 5.92. The number of rotatable bonds is 10. The van der Waals surface area contributed by atoms with Crippen molar-refractivity contribution in [2.75, 3.05) is 6.54 Å². The molecule has 0 radical (unpaired) electrons. The van der Waals surface area contributed by atoms with Crippen LogP contribution in [0.1, 0.15) is 50.3 Å². The first-order valence-corrected chi connectivity index (χ1v) is 13.4. The van der Waals surface area contributed by atoms with Crippen LogP contribution in [0.4, 0.5) is 26.3 Å². The van der Waals surface area contributed by atoms with Crippen LogP contribution in [-0.2, 0) is 19.8 Å². The molecule has 0 spiro atoms. The Morgan fingerprint density at radius 1 is 1.00 bits per heavy atom. The van der Waals surface area contributed by atoms with Gasteiger partial charge in [0.05, 0.1) is 11.5 Å². The molecule has 2 aromatic carbocycles. The quantitative estimate of drug-likeness (QED) is 0.356. The van der Waals surface area contributed by atoms with Gasteiger partial charge in [-0.2, -0.15) is 13.2 Å². The second-order valence-electron chi connectivity index (χ2n) is 11.5. The minimum Gasteiger partial charge on any atom is -0.369 e. The van der Waals surface area contributed by atoms with Crippen molar-refractivity contribution in [3.05, 3.63) is 59.7 Å². The van der Waals surface area contributed by atoms with Crippen LogP contribution in [0.2, 0.25) is 0 Å². The molecule has 0 unspecified atom stereocenters. The predicted octanol–water partition coefficient (Wildman–Crippen LogP) is 4.15. The van der Waals surface area contributed by atoms with E-state index in [1.807, 2.05) is 5.32 Å². The number of hydrogen-bond acceptors (Lipinski definition) is 4. The minimum atomic E-state index is -5.01. The Labute approximate surface area is 238 Å². The van der Waals surface area contributed by atoms with Crippen molar-refractivity contribution < 1.29 is 40.7 Å². The average Bonchev–Trinajstić information content (AvgIpc) is 3.62. The molecule has 7 nitrogen and oxygen atoms in total. The number of alkyl halides is 6. The molecule has 1 aliphatic carbocycles. The molecule has 1 saturated carbocycles. The summed E-state index contributed by atoms with van der Waals surface area (Å²) in [6.07, 6.45) is -7.82. The summed E-state index contributed by atoms with van der Waals surface area (Å²) in [5.41, 5.74) is 10.4. The SMILES string of the molecule is CC(C)(F)C[C@H](N)C(=O)N([C@@H]1C(=O)NC[C@@H]1C(F)(F)F)[C@@H](c1ccc(-c2ccc(C3(C(N)=O)CC3)cc2)cc1)C(F)F. The minimum absolute atomic E-state index is 0.185. The van der Waals surface area contributed by atoms with E-state index < -0.39 is 78.4 Å². The van der Waals surface area contributed by atoms with E-state index >= 15 is 0 Å². The molecule has 42 heavy (non-hydrogen) atoms. The molecule has 2 aliphatic rings. The molecule has 13 heteroatoms. The van der Waals surface area contributed by atoms with Crippen LogP contribution in [0.3, 0.4) is 0 Å². The van der Waals surface area contributed by atoms with Crippen molar-refractivity contribution in [1.82, 2.24) is 10.2 Å². The van der Waals surface area contributed by atoms with Crippen molar-refractivity contribution in [2.24, 2.45) is 17.4 Å². The van der Waals surface area contributed by atoms with Gasteiger partial charge in [0.2, 0.25) is 17.7 Å². The van der Waals surface area contributed by atoms with E-state index in [-0.39, 0.29) is 10.5 Å². The van der Waals surface area contributed by atoms with Crippen molar-refractivity contribution in [2.45, 2.75) is 74.9 Å². The van der Waals surface area contributed by atoms with Gasteiger partial charge in [-0.05, 0) is 48.9 Å². The number of nitrogens with zero attached hydrogens (tertiary/aromatic N) is 1. The molecule has 1 saturated heterocycles. The Morgan fingerprint density at radius 3 is 1.95 bits per heavy atom. The highest BCUT2D eigenvalue weighted by Crippen LogP contribution is 2.48. The third-order valence-corrected chi connectivity index (χ3v) is 7.93. The van der Waals surface area contributed by atoms with Gasteiger partial charge in [-0.3, -0.25) is 14.4 Å². The summed E-state index contributed by atoms with van der Waals surface area (Å²) in [7, 11) is 0. The fraction of sp³-hybridized carbons (Fsp3) is 0.483. The number of nitrogens with two attached hydrogens (primary N) is 2. The third kappa shape index (κ3) is 6.25. The number of halogens is 6. The number of primary amides is 1. The molecule has 228 valence electrons. The van der Waals surface area contributed by atoms with Gasteiger partial charge in [-0.25, -0.2) is 13.2 Å². The smallest absolute Gasteiger partial charge is 0.369 e. The number of nitrogens with one attached hydrogen (secondary N) is 1. The van der Waals surface area contributed by atoms with Gasteiger partial charge in [-0.15, -0.1) is 0 Å². The lowest BCUT2D eigenvalue weighted by atomic mass is 9.91. The predicted molar refractivity (Wildman–Crippen MR) is 142 cm³/mol. The molecule has 0 aromatic heterocycles. The summed E-state index contributed by atoms with van der Waals surface area (Å²) in [5.74, 6) is -5.56. The molecule has 1 aliphatic heterocycles. The number of hydrogen-bond donors (Lipinski definition) is 3. The maximum atomic E-state index is 14.7. The van der Waals surface area contributed by atoms with Crippen LogP contribution in [0.15, 0.2) is 48.5 Å². The number of carbonyl (C=O) groups excluding carboxylic acids is 3. The molecule has 3 amide bonds. The molecule has 1 heterocycles. The van der Waals surface area contributed by atoms with E-state index in [9.17, 15) is 40.7 Å². The molecule has 2 aromatic rings. The molecular formula is C29H32F6N4O3. The van der Waals surface area contributed by atoms with Crippen LogP contribution < -0.4 is 16.8 Å². The van der Waals surface area contributed by atoms with Crippen LogP contribution in [-0.4, -0.2) is 59.5 Å². The molecular weight excluding hydrogens is 566 g/mol. The Kier molecular flexibility index (Phi) is 8.38. The standard InChI is InChI=1S/C29H32F6N4O3/c1-27(2,32)13-20(36)25(41)39(22-19(29(33,34)35)14-38-24(22)40)21(23(30)31)17-5-3-15(4-6-17)16-7-9-18(10-8-16)28(11-12-28)26(37)42/h3-10,19-23H,11-14,36H2,1-2H3,(H2,37,42)(H,38,40)/t19-,20-,21-,22-/m0/s1. The van der Waals surface area contributed by atoms with Crippen LogP contribution in [0, 0.1) is 5.92 Å². The molecule has 4 atom stereocenters. The summed E-state index contributed by atoms with van der Waals surface area (Å²) in [6.45, 7) is 1.25. The highest BCUT2D eigenvalue weighted by Gasteiger charge is 2.57. The van der Waals surface area contributed by atoms with E-state index in [4.69, 9.17) is 11.5 Å². The van der Waals surface area contributed by atoms with Gasteiger partial charge in [0.1, 0.15) is 23.7 Å². The number of carbonyl (C=O) groups is 3. The van der Waals surface area contributed by atoms with Crippen molar-refractivity contribution in [3.8, 4) is 11.1 Å². The lowest BCUT2D eigenvalue weighted by molar-refractivity contribution is -0.191. The maximum absolute atomic E-state index is 14.7. The largest absolute Gasteiger partial charge is 0.395 e. The van der Waals surface area contributed by atoms with E-state index in [2.05, 4.69) is 0 Å². The molecule has 5 N–H and O–H groups in total. The normalized spacial score (nSPS) is 21.5. The van der Waals surface area contributed by atoms with Crippen LogP contribution >= 0.6 is 0 Å². The summed E-state index contributed by atoms with van der Waals surface area (Å²) in [5, 5.41) is 2.01. The fourth-order valence-electron chi connectivity index (χ4n) is 5.56. The Bertz CT molecular complexity index is 1320. The van der Waals surface area contributed by atoms with E-state index in [0.717, 1.165) is 19.4 Å². The second-order valence-corrected chi connectivity index (χ2v) is 11.5. The topological polar surface area (TPSA) is 119 Å². The monoisotopic (exact) mass is 598 g/mol. The molecule has 2 fully saturated rings. The summed E-state index contributed by atoms with van der Waals surface area (Å²) in [6, 6.07) is 5.88. The number of amides is 3. The van der Waals surface area contributed by atoms with E-state index in [1.165, 1.54) is 24.3 Å². The zero-order chi connectivity index (χ0) is 31.2. The highest BCUT2D eigenvalue weighted by atomic mass is 19.4. The van der Waals surface area contributed by atoms with Gasteiger partial charge >= 0.3 is 6.18 Å².